The van der Waals surface area contributed by atoms with E-state index < -0.39 is 13.1 Å². The number of hydrogen-bond donors (Lipinski definition) is 0. The quantitative estimate of drug-likeness (QED) is 0.450. The van der Waals surface area contributed by atoms with Crippen molar-refractivity contribution in [3.63, 3.8) is 0 Å². The van der Waals surface area contributed by atoms with Crippen LogP contribution in [0.1, 0.15) is 27.7 Å². The van der Waals surface area contributed by atoms with Crippen LogP contribution in [0.2, 0.25) is 0 Å². The Kier molecular flexibility index (Phi) is 12.0. The summed E-state index contributed by atoms with van der Waals surface area (Å²) >= 11 is 0. The van der Waals surface area contributed by atoms with Crippen molar-refractivity contribution in [2.45, 2.75) is 39.3 Å². The molecule has 1 saturated heterocycles. The number of carbonyl (C=O) groups is 1. The molecule has 1 aliphatic rings. The average molecular weight is 320 g/mol. The van der Waals surface area contributed by atoms with Crippen molar-refractivity contribution in [1.82, 2.24) is 9.80 Å². The van der Waals surface area contributed by atoms with Crippen molar-refractivity contribution in [2.75, 3.05) is 19.6 Å². The van der Waals surface area contributed by atoms with E-state index in [4.69, 9.17) is 4.74 Å². The Morgan fingerprint density at radius 3 is 2.10 bits per heavy atom. The number of amides is 1. The number of nitrogens with zero attached hydrogens (tertiary/aromatic N) is 2. The van der Waals surface area contributed by atoms with Gasteiger partial charge in [-0.1, -0.05) is 6.92 Å². The molecule has 1 heterocycles. The van der Waals surface area contributed by atoms with Crippen molar-refractivity contribution in [3.8, 4) is 0 Å². The SMILES string of the molecule is FB(F)F.[CH2-]N1CCN(C(=O)OC(C)(C)C)C[C@@H]1C.[K+]. The Hall–Kier alpha value is 0.721. The molecule has 0 aromatic rings. The van der Waals surface area contributed by atoms with E-state index >= 15 is 0 Å². The summed E-state index contributed by atoms with van der Waals surface area (Å²) in [6.07, 6.45) is -0.220. The summed E-state index contributed by atoms with van der Waals surface area (Å²) in [6.45, 7) is 9.90. The summed E-state index contributed by atoms with van der Waals surface area (Å²) in [4.78, 5) is 15.5. The summed E-state index contributed by atoms with van der Waals surface area (Å²) in [5, 5.41) is 0. The van der Waals surface area contributed by atoms with Gasteiger partial charge >= 0.3 is 65.0 Å². The predicted octanol–water partition coefficient (Wildman–Crippen LogP) is -0.397. The average Bonchev–Trinajstić information content (AvgIpc) is 2.18. The summed E-state index contributed by atoms with van der Waals surface area (Å²) in [7, 11) is 0.235. The number of ether oxygens (including phenoxy) is 1. The van der Waals surface area contributed by atoms with Gasteiger partial charge < -0.3 is 14.5 Å². The number of rotatable bonds is 0. The molecule has 0 radical (unpaired) electrons. The van der Waals surface area contributed by atoms with Crippen LogP contribution >= 0.6 is 0 Å². The topological polar surface area (TPSA) is 32.8 Å². The van der Waals surface area contributed by atoms with Gasteiger partial charge in [-0.3, -0.25) is 20.0 Å². The van der Waals surface area contributed by atoms with Gasteiger partial charge in [-0.2, -0.15) is 0 Å². The van der Waals surface area contributed by atoms with E-state index in [1.54, 1.807) is 4.90 Å². The number of piperazine rings is 1. The molecule has 0 bridgehead atoms. The predicted molar refractivity (Wildman–Crippen MR) is 68.4 cm³/mol. The molecule has 1 amide bonds. The van der Waals surface area contributed by atoms with Gasteiger partial charge in [-0.05, 0) is 33.4 Å². The minimum absolute atomic E-state index is 0. The Morgan fingerprint density at radius 2 is 1.75 bits per heavy atom. The van der Waals surface area contributed by atoms with E-state index in [-0.39, 0.29) is 57.5 Å². The maximum absolute atomic E-state index is 11.7. The molecule has 0 saturated carbocycles. The molecule has 1 atom stereocenters. The van der Waals surface area contributed by atoms with Gasteiger partial charge in [0, 0.05) is 13.1 Å². The second-order valence-electron chi connectivity index (χ2n) is 5.34. The van der Waals surface area contributed by atoms with Crippen molar-refractivity contribution in [3.05, 3.63) is 7.05 Å². The van der Waals surface area contributed by atoms with Crippen molar-refractivity contribution < 1.29 is 73.9 Å². The first kappa shape index (κ1) is 23.0. The standard InChI is InChI=1S/C11H21N2O2.BF3.K/c1-9-8-13(7-6-12(9)5)10(14)15-11(2,3)4;2-1(3)4;/h9H,5-8H2,1-4H3;;/q-1;;+1/t9-;;/m0../s1. The van der Waals surface area contributed by atoms with Crippen LogP contribution in [-0.4, -0.2) is 54.7 Å². The van der Waals surface area contributed by atoms with Gasteiger partial charge in [0.25, 0.3) is 0 Å². The second-order valence-corrected chi connectivity index (χ2v) is 5.34. The third-order valence-corrected chi connectivity index (χ3v) is 2.42. The first-order valence-electron chi connectivity index (χ1n) is 6.00. The molecule has 0 aromatic carbocycles. The summed E-state index contributed by atoms with van der Waals surface area (Å²) < 4.78 is 34.3. The van der Waals surface area contributed by atoms with Crippen molar-refractivity contribution in [1.29, 1.82) is 0 Å². The van der Waals surface area contributed by atoms with Gasteiger partial charge in [-0.15, -0.1) is 0 Å². The maximum atomic E-state index is 11.7. The molecule has 0 aliphatic carbocycles. The van der Waals surface area contributed by atoms with E-state index in [2.05, 4.69) is 14.0 Å². The molecule has 0 aromatic heterocycles. The Bertz CT molecular complexity index is 291. The summed E-state index contributed by atoms with van der Waals surface area (Å²) in [6, 6.07) is 0.297. The van der Waals surface area contributed by atoms with Gasteiger partial charge in [0.15, 0.2) is 0 Å². The molecule has 1 rings (SSSR count). The summed E-state index contributed by atoms with van der Waals surface area (Å²) in [5.41, 5.74) is -0.415. The molecule has 4 nitrogen and oxygen atoms in total. The zero-order valence-corrected chi connectivity index (χ0v) is 16.0. The van der Waals surface area contributed by atoms with E-state index in [9.17, 15) is 17.7 Å². The van der Waals surface area contributed by atoms with Crippen LogP contribution < -0.4 is 51.4 Å². The largest absolute Gasteiger partial charge is 1.00 e. The van der Waals surface area contributed by atoms with E-state index in [1.165, 1.54) is 0 Å². The van der Waals surface area contributed by atoms with Crippen LogP contribution in [0.25, 0.3) is 0 Å². The number of hydrogen-bond acceptors (Lipinski definition) is 3. The smallest absolute Gasteiger partial charge is 0.454 e. The molecule has 0 spiro atoms. The van der Waals surface area contributed by atoms with Crippen LogP contribution in [-0.2, 0) is 4.74 Å². The molecule has 9 heteroatoms. The first-order chi connectivity index (χ1) is 8.53. The van der Waals surface area contributed by atoms with Gasteiger partial charge in [0.1, 0.15) is 5.60 Å². The molecule has 20 heavy (non-hydrogen) atoms. The fourth-order valence-electron chi connectivity index (χ4n) is 1.49. The maximum Gasteiger partial charge on any atom is 1.00 e. The summed E-state index contributed by atoms with van der Waals surface area (Å²) in [5.74, 6) is 0. The van der Waals surface area contributed by atoms with Crippen LogP contribution in [0.3, 0.4) is 0 Å². The normalized spacial score (nSPS) is 19.4. The molecule has 112 valence electrons. The fourth-order valence-corrected chi connectivity index (χ4v) is 1.49. The van der Waals surface area contributed by atoms with E-state index in [1.807, 2.05) is 25.7 Å². The van der Waals surface area contributed by atoms with Gasteiger partial charge in [0.2, 0.25) is 0 Å². The van der Waals surface area contributed by atoms with Crippen LogP contribution in [0.15, 0.2) is 0 Å². The first-order valence-corrected chi connectivity index (χ1v) is 6.00. The number of halogens is 3. The second kappa shape index (κ2) is 10.4. The van der Waals surface area contributed by atoms with Gasteiger partial charge in [-0.25, -0.2) is 4.79 Å². The minimum atomic E-state index is -3.67. The Morgan fingerprint density at radius 1 is 1.30 bits per heavy atom. The molecule has 1 fully saturated rings. The Labute approximate surface area is 162 Å². The molecule has 0 unspecified atom stereocenters. The van der Waals surface area contributed by atoms with Crippen molar-refractivity contribution in [2.24, 2.45) is 0 Å². The third-order valence-electron chi connectivity index (χ3n) is 2.42. The van der Waals surface area contributed by atoms with Crippen molar-refractivity contribution >= 4 is 13.6 Å². The van der Waals surface area contributed by atoms with Gasteiger partial charge in [0.05, 0.1) is 0 Å². The monoisotopic (exact) mass is 320 g/mol. The molecular weight excluding hydrogens is 299 g/mol. The zero-order valence-electron chi connectivity index (χ0n) is 12.8. The van der Waals surface area contributed by atoms with E-state index in [0.29, 0.717) is 19.1 Å². The minimum Gasteiger partial charge on any atom is -0.454 e. The number of carbonyl (C=O) groups excluding carboxylic acids is 1. The molecule has 0 N–H and O–H groups in total. The van der Waals surface area contributed by atoms with Crippen LogP contribution in [0.4, 0.5) is 17.7 Å². The van der Waals surface area contributed by atoms with Crippen LogP contribution in [0.5, 0.6) is 0 Å². The molecular formula is C11H21BF3KN2O2. The zero-order chi connectivity index (χ0) is 15.2. The van der Waals surface area contributed by atoms with E-state index in [0.717, 1.165) is 6.54 Å². The molecule has 1 aliphatic heterocycles. The fraction of sp³-hybridized carbons (Fsp3) is 0.818. The third kappa shape index (κ3) is 11.4. The Balaban J connectivity index is 0. The van der Waals surface area contributed by atoms with Crippen LogP contribution in [0, 0.1) is 7.05 Å².